The number of ether oxygens (including phenoxy) is 2. The van der Waals surface area contributed by atoms with E-state index in [-0.39, 0.29) is 18.1 Å². The van der Waals surface area contributed by atoms with E-state index in [9.17, 15) is 12.8 Å². The summed E-state index contributed by atoms with van der Waals surface area (Å²) in [6.07, 6.45) is 3.70. The predicted octanol–water partition coefficient (Wildman–Crippen LogP) is 3.13. The van der Waals surface area contributed by atoms with Gasteiger partial charge in [-0.15, -0.1) is 10.2 Å². The Morgan fingerprint density at radius 2 is 1.67 bits per heavy atom. The minimum atomic E-state index is -3.76. The molecule has 0 N–H and O–H groups in total. The molecule has 3 heterocycles. The summed E-state index contributed by atoms with van der Waals surface area (Å²) >= 11 is 0. The lowest BCUT2D eigenvalue weighted by atomic mass is 10.1. The number of pyridine rings is 1. The van der Waals surface area contributed by atoms with Crippen LogP contribution < -0.4 is 9.47 Å². The summed E-state index contributed by atoms with van der Waals surface area (Å²) in [4.78, 5) is 12.1. The summed E-state index contributed by atoms with van der Waals surface area (Å²) < 4.78 is 52.7. The zero-order chi connectivity index (χ0) is 25.9. The van der Waals surface area contributed by atoms with Crippen molar-refractivity contribution in [2.75, 3.05) is 14.2 Å². The Morgan fingerprint density at radius 1 is 1.00 bits per heavy atom. The van der Waals surface area contributed by atoms with Crippen LogP contribution in [0.1, 0.15) is 24.3 Å². The van der Waals surface area contributed by atoms with Gasteiger partial charge < -0.3 is 9.47 Å². The van der Waals surface area contributed by atoms with Crippen molar-refractivity contribution in [3.8, 4) is 28.6 Å². The monoisotopic (exact) mass is 512 g/mol. The molecule has 12 heteroatoms. The van der Waals surface area contributed by atoms with E-state index >= 15 is 0 Å². The fourth-order valence-corrected chi connectivity index (χ4v) is 4.98. The van der Waals surface area contributed by atoms with Gasteiger partial charge >= 0.3 is 0 Å². The summed E-state index contributed by atoms with van der Waals surface area (Å²) in [5, 5.41) is 7.74. The highest BCUT2D eigenvalue weighted by Gasteiger charge is 2.29. The maximum absolute atomic E-state index is 13.4. The zero-order valence-electron chi connectivity index (χ0n) is 20.2. The number of methoxy groups -OCH3 is 2. The largest absolute Gasteiger partial charge is 0.494 e. The third kappa shape index (κ3) is 5.03. The molecule has 3 aromatic heterocycles. The molecule has 0 bridgehead atoms. The van der Waals surface area contributed by atoms with Crippen LogP contribution in [-0.4, -0.2) is 57.6 Å². The Morgan fingerprint density at radius 3 is 2.28 bits per heavy atom. The molecule has 4 rings (SSSR count). The first-order valence-electron chi connectivity index (χ1n) is 11.0. The topological polar surface area (TPSA) is 122 Å². The standard InChI is InChI=1S/C24H25FN6O4S/c1-15(11-21-27-12-17(25)13-28-21)36(32,33)14-22-29-30-24(18-7-6-10-26-16(18)2)31(22)23-19(34-3)8-5-9-20(23)35-4/h5-10,12-13,15H,11,14H2,1-4H3/t15-/m1/s1. The first-order valence-corrected chi connectivity index (χ1v) is 12.7. The second kappa shape index (κ2) is 10.4. The SMILES string of the molecule is COc1cccc(OC)c1-n1c(CS(=O)(=O)[C@H](C)Cc2ncc(F)cn2)nnc1-c1cccnc1C. The number of rotatable bonds is 9. The summed E-state index contributed by atoms with van der Waals surface area (Å²) in [5.74, 6) is 0.666. The predicted molar refractivity (Wildman–Crippen MR) is 130 cm³/mol. The molecule has 1 aromatic carbocycles. The van der Waals surface area contributed by atoms with E-state index < -0.39 is 26.7 Å². The molecule has 36 heavy (non-hydrogen) atoms. The highest BCUT2D eigenvalue weighted by Crippen LogP contribution is 2.37. The van der Waals surface area contributed by atoms with E-state index in [0.717, 1.165) is 12.4 Å². The molecule has 0 saturated heterocycles. The second-order valence-electron chi connectivity index (χ2n) is 8.06. The van der Waals surface area contributed by atoms with Crippen molar-refractivity contribution in [3.05, 3.63) is 72.1 Å². The molecule has 0 aliphatic heterocycles. The van der Waals surface area contributed by atoms with Gasteiger partial charge in [0.25, 0.3) is 0 Å². The normalized spacial score (nSPS) is 12.4. The number of hydrogen-bond donors (Lipinski definition) is 0. The molecule has 1 atom stereocenters. The molecular formula is C24H25FN6O4S. The number of halogens is 1. The minimum Gasteiger partial charge on any atom is -0.494 e. The minimum absolute atomic E-state index is 0.0172. The van der Waals surface area contributed by atoms with Crippen molar-refractivity contribution in [2.24, 2.45) is 0 Å². The first-order chi connectivity index (χ1) is 17.2. The highest BCUT2D eigenvalue weighted by atomic mass is 32.2. The molecule has 0 aliphatic carbocycles. The summed E-state index contributed by atoms with van der Waals surface area (Å²) in [7, 11) is -0.739. The third-order valence-corrected chi connectivity index (χ3v) is 7.74. The smallest absolute Gasteiger partial charge is 0.170 e. The van der Waals surface area contributed by atoms with Crippen LogP contribution in [0.15, 0.2) is 48.9 Å². The Balaban J connectivity index is 1.82. The van der Waals surface area contributed by atoms with Gasteiger partial charge in [-0.3, -0.25) is 9.55 Å². The van der Waals surface area contributed by atoms with Gasteiger partial charge in [0.2, 0.25) is 0 Å². The Kier molecular flexibility index (Phi) is 7.25. The molecule has 4 aromatic rings. The maximum atomic E-state index is 13.4. The number of aryl methyl sites for hydroxylation is 1. The number of hydrogen-bond acceptors (Lipinski definition) is 9. The lowest BCUT2D eigenvalue weighted by molar-refractivity contribution is 0.390. The van der Waals surface area contributed by atoms with Crippen molar-refractivity contribution in [1.29, 1.82) is 0 Å². The van der Waals surface area contributed by atoms with Crippen molar-refractivity contribution >= 4 is 9.84 Å². The fourth-order valence-electron chi connectivity index (χ4n) is 3.74. The lowest BCUT2D eigenvalue weighted by Gasteiger charge is -2.18. The highest BCUT2D eigenvalue weighted by molar-refractivity contribution is 7.91. The van der Waals surface area contributed by atoms with Gasteiger partial charge in [-0.2, -0.15) is 0 Å². The molecule has 0 aliphatic rings. The molecule has 0 fully saturated rings. The van der Waals surface area contributed by atoms with Gasteiger partial charge in [-0.1, -0.05) is 6.07 Å². The second-order valence-corrected chi connectivity index (χ2v) is 10.5. The Hall–Kier alpha value is -3.93. The van der Waals surface area contributed by atoms with Crippen molar-refractivity contribution < 1.29 is 22.3 Å². The van der Waals surface area contributed by atoms with E-state index in [4.69, 9.17) is 9.47 Å². The lowest BCUT2D eigenvalue weighted by Crippen LogP contribution is -2.24. The van der Waals surface area contributed by atoms with Crippen LogP contribution in [0.4, 0.5) is 4.39 Å². The van der Waals surface area contributed by atoms with Gasteiger partial charge in [-0.05, 0) is 38.1 Å². The summed E-state index contributed by atoms with van der Waals surface area (Å²) in [6, 6.07) is 8.84. The molecule has 0 radical (unpaired) electrons. The number of sulfone groups is 1. The number of nitrogens with zero attached hydrogens (tertiary/aromatic N) is 6. The number of para-hydroxylation sites is 1. The molecule has 0 spiro atoms. The molecule has 0 unspecified atom stereocenters. The summed E-state index contributed by atoms with van der Waals surface area (Å²) in [6.45, 7) is 3.38. The molecule has 0 saturated carbocycles. The van der Waals surface area contributed by atoms with Gasteiger partial charge in [0.1, 0.15) is 28.8 Å². The fraction of sp³-hybridized carbons (Fsp3) is 0.292. The van der Waals surface area contributed by atoms with Crippen molar-refractivity contribution in [1.82, 2.24) is 29.7 Å². The first kappa shape index (κ1) is 25.2. The summed E-state index contributed by atoms with van der Waals surface area (Å²) in [5.41, 5.74) is 1.83. The van der Waals surface area contributed by atoms with E-state index in [1.54, 1.807) is 42.0 Å². The Labute approximate surface area is 208 Å². The number of benzene rings is 1. The van der Waals surface area contributed by atoms with Crippen LogP contribution >= 0.6 is 0 Å². The van der Waals surface area contributed by atoms with Gasteiger partial charge in [0.05, 0.1) is 31.9 Å². The van der Waals surface area contributed by atoms with Crippen LogP contribution in [0.25, 0.3) is 17.1 Å². The quantitative estimate of drug-likeness (QED) is 0.333. The van der Waals surface area contributed by atoms with E-state index in [0.29, 0.717) is 34.3 Å². The molecule has 0 amide bonds. The third-order valence-electron chi connectivity index (χ3n) is 5.69. The van der Waals surface area contributed by atoms with Crippen LogP contribution in [0.2, 0.25) is 0 Å². The average molecular weight is 513 g/mol. The zero-order valence-corrected chi connectivity index (χ0v) is 21.0. The van der Waals surface area contributed by atoms with Gasteiger partial charge in [-0.25, -0.2) is 22.8 Å². The average Bonchev–Trinajstić information content (AvgIpc) is 3.26. The van der Waals surface area contributed by atoms with Crippen molar-refractivity contribution in [3.63, 3.8) is 0 Å². The van der Waals surface area contributed by atoms with Crippen LogP contribution in [-0.2, 0) is 22.0 Å². The molecule has 10 nitrogen and oxygen atoms in total. The number of aromatic nitrogens is 6. The van der Waals surface area contributed by atoms with Crippen LogP contribution in [0.5, 0.6) is 11.5 Å². The maximum Gasteiger partial charge on any atom is 0.170 e. The van der Waals surface area contributed by atoms with E-state index in [2.05, 4.69) is 25.1 Å². The van der Waals surface area contributed by atoms with Crippen LogP contribution in [0.3, 0.4) is 0 Å². The van der Waals surface area contributed by atoms with Gasteiger partial charge in [0.15, 0.2) is 27.3 Å². The molecular weight excluding hydrogens is 487 g/mol. The van der Waals surface area contributed by atoms with E-state index in [1.807, 2.05) is 13.0 Å². The Bertz CT molecular complexity index is 1450. The molecule has 188 valence electrons. The van der Waals surface area contributed by atoms with Crippen molar-refractivity contribution in [2.45, 2.75) is 31.3 Å². The van der Waals surface area contributed by atoms with Gasteiger partial charge in [0, 0.05) is 23.9 Å². The van der Waals surface area contributed by atoms with E-state index in [1.165, 1.54) is 14.2 Å². The van der Waals surface area contributed by atoms with Crippen LogP contribution in [0, 0.1) is 12.7 Å².